The Hall–Kier alpha value is -3.57. The Morgan fingerprint density at radius 2 is 1.65 bits per heavy atom. The van der Waals surface area contributed by atoms with Gasteiger partial charge in [-0.15, -0.1) is 0 Å². The van der Waals surface area contributed by atoms with Crippen molar-refractivity contribution in [1.29, 1.82) is 0 Å². The van der Waals surface area contributed by atoms with Crippen LogP contribution in [0.4, 0.5) is 5.69 Å². The predicted octanol–water partition coefficient (Wildman–Crippen LogP) is 5.05. The van der Waals surface area contributed by atoms with Gasteiger partial charge in [0.1, 0.15) is 11.4 Å². The van der Waals surface area contributed by atoms with Crippen LogP contribution in [0.15, 0.2) is 78.5 Å². The van der Waals surface area contributed by atoms with E-state index in [0.29, 0.717) is 27.6 Å². The van der Waals surface area contributed by atoms with Crippen LogP contribution in [0.5, 0.6) is 5.75 Å². The van der Waals surface area contributed by atoms with Crippen molar-refractivity contribution < 1.29 is 14.3 Å². The predicted molar refractivity (Wildman–Crippen MR) is 122 cm³/mol. The van der Waals surface area contributed by atoms with Gasteiger partial charge in [-0.1, -0.05) is 71.8 Å². The van der Waals surface area contributed by atoms with Gasteiger partial charge in [0.25, 0.3) is 11.8 Å². The van der Waals surface area contributed by atoms with Crippen LogP contribution in [0, 0.1) is 6.92 Å². The zero-order valence-corrected chi connectivity index (χ0v) is 17.9. The lowest BCUT2D eigenvalue weighted by Gasteiger charge is -2.16. The van der Waals surface area contributed by atoms with Crippen molar-refractivity contribution in [2.75, 3.05) is 12.4 Å². The van der Waals surface area contributed by atoms with E-state index in [4.69, 9.17) is 16.3 Å². The van der Waals surface area contributed by atoms with E-state index in [0.717, 1.165) is 11.1 Å². The van der Waals surface area contributed by atoms with Crippen molar-refractivity contribution in [3.8, 4) is 5.75 Å². The largest absolute Gasteiger partial charge is 0.495 e. The number of aryl methyl sites for hydroxylation is 1. The van der Waals surface area contributed by atoms with Crippen LogP contribution in [-0.2, 0) is 16.1 Å². The van der Waals surface area contributed by atoms with Gasteiger partial charge in [-0.25, -0.2) is 0 Å². The Bertz CT molecular complexity index is 1170. The van der Waals surface area contributed by atoms with E-state index in [1.807, 2.05) is 61.5 Å². The van der Waals surface area contributed by atoms with Crippen LogP contribution >= 0.6 is 11.6 Å². The number of halogens is 1. The molecule has 0 spiro atoms. The summed E-state index contributed by atoms with van der Waals surface area (Å²) in [5.41, 5.74) is 3.68. The molecule has 0 aromatic heterocycles. The van der Waals surface area contributed by atoms with Crippen molar-refractivity contribution in [3.05, 3.63) is 100 Å². The van der Waals surface area contributed by atoms with Gasteiger partial charge in [0.2, 0.25) is 0 Å². The summed E-state index contributed by atoms with van der Waals surface area (Å²) < 4.78 is 5.39. The first-order chi connectivity index (χ1) is 15.0. The van der Waals surface area contributed by atoms with Crippen LogP contribution in [-0.4, -0.2) is 23.8 Å². The summed E-state index contributed by atoms with van der Waals surface area (Å²) in [6.07, 6.45) is 0. The smallest absolute Gasteiger partial charge is 0.278 e. The van der Waals surface area contributed by atoms with Crippen LogP contribution in [0.1, 0.15) is 16.7 Å². The molecule has 3 aromatic carbocycles. The molecule has 0 unspecified atom stereocenters. The SMILES string of the molecule is COc1ccc(Cl)cc1NC1=C(c2ccccc2)C(=O)N(Cc2ccc(C)cc2)C1=O. The Kier molecular flexibility index (Phi) is 5.78. The minimum absolute atomic E-state index is 0.187. The molecular formula is C25H21ClN2O3. The summed E-state index contributed by atoms with van der Waals surface area (Å²) in [5, 5.41) is 3.60. The third-order valence-corrected chi connectivity index (χ3v) is 5.35. The number of rotatable bonds is 6. The Balaban J connectivity index is 1.75. The number of amides is 2. The number of carbonyl (C=O) groups is 2. The fourth-order valence-corrected chi connectivity index (χ4v) is 3.67. The normalized spacial score (nSPS) is 13.7. The second-order valence-electron chi connectivity index (χ2n) is 7.27. The highest BCUT2D eigenvalue weighted by molar-refractivity contribution is 6.36. The van der Waals surface area contributed by atoms with Crippen LogP contribution < -0.4 is 10.1 Å². The lowest BCUT2D eigenvalue weighted by molar-refractivity contribution is -0.137. The highest BCUT2D eigenvalue weighted by atomic mass is 35.5. The van der Waals surface area contributed by atoms with E-state index in [1.165, 1.54) is 12.0 Å². The van der Waals surface area contributed by atoms with Gasteiger partial charge in [0.05, 0.1) is 24.9 Å². The molecule has 0 fully saturated rings. The molecule has 2 amide bonds. The van der Waals surface area contributed by atoms with Gasteiger partial charge in [-0.05, 0) is 36.2 Å². The Morgan fingerprint density at radius 3 is 2.32 bits per heavy atom. The van der Waals surface area contributed by atoms with Gasteiger partial charge in [-0.3, -0.25) is 14.5 Å². The fourth-order valence-electron chi connectivity index (χ4n) is 3.50. The number of ether oxygens (including phenoxy) is 1. The molecule has 0 saturated carbocycles. The Labute approximate surface area is 185 Å². The summed E-state index contributed by atoms with van der Waals surface area (Å²) in [6, 6.07) is 22.0. The molecule has 1 N–H and O–H groups in total. The summed E-state index contributed by atoms with van der Waals surface area (Å²) >= 11 is 6.15. The maximum Gasteiger partial charge on any atom is 0.278 e. The lowest BCUT2D eigenvalue weighted by Crippen LogP contribution is -2.32. The molecule has 6 heteroatoms. The monoisotopic (exact) mass is 432 g/mol. The van der Waals surface area contributed by atoms with Crippen molar-refractivity contribution in [2.24, 2.45) is 0 Å². The number of nitrogens with one attached hydrogen (secondary N) is 1. The first kappa shape index (κ1) is 20.7. The zero-order valence-electron chi connectivity index (χ0n) is 17.2. The molecule has 1 heterocycles. The number of hydrogen-bond donors (Lipinski definition) is 1. The maximum atomic E-state index is 13.4. The number of nitrogens with zero attached hydrogens (tertiary/aromatic N) is 1. The van der Waals surface area contributed by atoms with E-state index in [9.17, 15) is 9.59 Å². The first-order valence-corrected chi connectivity index (χ1v) is 10.2. The van der Waals surface area contributed by atoms with E-state index in [1.54, 1.807) is 18.2 Å². The highest BCUT2D eigenvalue weighted by Crippen LogP contribution is 2.35. The number of methoxy groups -OCH3 is 1. The molecule has 31 heavy (non-hydrogen) atoms. The van der Waals surface area contributed by atoms with Gasteiger partial charge in [-0.2, -0.15) is 0 Å². The maximum absolute atomic E-state index is 13.4. The quantitative estimate of drug-likeness (QED) is 0.554. The van der Waals surface area contributed by atoms with Crippen LogP contribution in [0.25, 0.3) is 5.57 Å². The molecule has 0 saturated heterocycles. The number of carbonyl (C=O) groups excluding carboxylic acids is 2. The molecular weight excluding hydrogens is 412 g/mol. The topological polar surface area (TPSA) is 58.6 Å². The van der Waals surface area contributed by atoms with Crippen molar-refractivity contribution in [3.63, 3.8) is 0 Å². The molecule has 1 aliphatic heterocycles. The van der Waals surface area contributed by atoms with Crippen LogP contribution in [0.2, 0.25) is 5.02 Å². The molecule has 3 aromatic rings. The van der Waals surface area contributed by atoms with Gasteiger partial charge >= 0.3 is 0 Å². The number of imide groups is 1. The molecule has 0 atom stereocenters. The molecule has 0 aliphatic carbocycles. The molecule has 156 valence electrons. The number of anilines is 1. The zero-order chi connectivity index (χ0) is 22.0. The number of benzene rings is 3. The summed E-state index contributed by atoms with van der Waals surface area (Å²) in [7, 11) is 1.53. The van der Waals surface area contributed by atoms with E-state index >= 15 is 0 Å². The van der Waals surface area contributed by atoms with Crippen molar-refractivity contribution >= 4 is 34.7 Å². The van der Waals surface area contributed by atoms with E-state index in [2.05, 4.69) is 5.32 Å². The standard InChI is InChI=1S/C25H21ClN2O3/c1-16-8-10-17(11-9-16)15-28-24(29)22(18-6-4-3-5-7-18)23(25(28)30)27-20-14-19(26)12-13-21(20)31-2/h3-14,27H,15H2,1-2H3. The van der Waals surface area contributed by atoms with Gasteiger partial charge < -0.3 is 10.1 Å². The first-order valence-electron chi connectivity index (χ1n) is 9.80. The summed E-state index contributed by atoms with van der Waals surface area (Å²) in [4.78, 5) is 28.0. The second-order valence-corrected chi connectivity index (χ2v) is 7.70. The van der Waals surface area contributed by atoms with Gasteiger partial charge in [0, 0.05) is 5.02 Å². The van der Waals surface area contributed by atoms with Crippen LogP contribution in [0.3, 0.4) is 0 Å². The second kappa shape index (κ2) is 8.66. The van der Waals surface area contributed by atoms with E-state index < -0.39 is 5.91 Å². The third-order valence-electron chi connectivity index (χ3n) is 5.11. The van der Waals surface area contributed by atoms with Gasteiger partial charge in [0.15, 0.2) is 0 Å². The van der Waals surface area contributed by atoms with Crippen molar-refractivity contribution in [2.45, 2.75) is 13.5 Å². The third kappa shape index (κ3) is 4.18. The molecule has 4 rings (SSSR count). The molecule has 5 nitrogen and oxygen atoms in total. The molecule has 0 radical (unpaired) electrons. The molecule has 0 bridgehead atoms. The average Bonchev–Trinajstić information content (AvgIpc) is 3.00. The minimum atomic E-state index is -0.397. The Morgan fingerprint density at radius 1 is 0.935 bits per heavy atom. The van der Waals surface area contributed by atoms with Crippen molar-refractivity contribution in [1.82, 2.24) is 4.90 Å². The average molecular weight is 433 g/mol. The van der Waals surface area contributed by atoms with E-state index in [-0.39, 0.29) is 18.1 Å². The highest BCUT2D eigenvalue weighted by Gasteiger charge is 2.39. The fraction of sp³-hybridized carbons (Fsp3) is 0.120. The summed E-state index contributed by atoms with van der Waals surface area (Å²) in [5.74, 6) is -0.228. The summed E-state index contributed by atoms with van der Waals surface area (Å²) in [6.45, 7) is 2.18. The molecule has 1 aliphatic rings. The number of hydrogen-bond acceptors (Lipinski definition) is 4. The minimum Gasteiger partial charge on any atom is -0.495 e. The lowest BCUT2D eigenvalue weighted by atomic mass is 10.0.